The summed E-state index contributed by atoms with van der Waals surface area (Å²) in [7, 11) is 0. The third-order valence-electron chi connectivity index (χ3n) is 4.85. The molecule has 0 atom stereocenters. The van der Waals surface area contributed by atoms with Crippen molar-refractivity contribution >= 4 is 23.5 Å². The third kappa shape index (κ3) is 7.24. The van der Waals surface area contributed by atoms with Crippen LogP contribution in [0.15, 0.2) is 89.9 Å². The van der Waals surface area contributed by atoms with Gasteiger partial charge in [0.1, 0.15) is 0 Å². The number of nitrogens with zero attached hydrogens (tertiary/aromatic N) is 2. The Kier molecular flexibility index (Phi) is 8.88. The second kappa shape index (κ2) is 12.1. The molecule has 0 fully saturated rings. The van der Waals surface area contributed by atoms with E-state index >= 15 is 0 Å². The van der Waals surface area contributed by atoms with Gasteiger partial charge in [-0.15, -0.1) is 0 Å². The molecule has 0 unspecified atom stereocenters. The Bertz CT molecular complexity index is 1020. The Hall–Kier alpha value is -3.11. The molecule has 0 aliphatic carbocycles. The predicted octanol–water partition coefficient (Wildman–Crippen LogP) is 6.25. The van der Waals surface area contributed by atoms with Crippen LogP contribution < -0.4 is 0 Å². The van der Waals surface area contributed by atoms with Crippen molar-refractivity contribution in [2.75, 3.05) is 13.2 Å². The van der Waals surface area contributed by atoms with Gasteiger partial charge in [-0.25, -0.2) is 0 Å². The average Bonchev–Trinajstić information content (AvgIpc) is 2.81. The highest BCUT2D eigenvalue weighted by molar-refractivity contribution is 6.34. The summed E-state index contributed by atoms with van der Waals surface area (Å²) in [5.74, 6) is -0.115. The molecule has 0 spiro atoms. The third-order valence-corrected chi connectivity index (χ3v) is 5.18. The smallest absolute Gasteiger partial charge is 0.295 e. The average molecular weight is 449 g/mol. The normalized spacial score (nSPS) is 11.4. The standard InChI is InChI=1S/C27H29ClN2O2/c1-21(2)20-32-27(29-26(31)24-15-9-10-16-25(24)28)30(19-23-13-7-4-8-14-23)18-17-22-11-5-3-6-12-22/h3-16,21H,17-20H2,1-2H3. The molecular formula is C27H29ClN2O2. The number of benzene rings is 3. The van der Waals surface area contributed by atoms with Crippen LogP contribution in [0.4, 0.5) is 0 Å². The van der Waals surface area contributed by atoms with Crippen LogP contribution in [0.25, 0.3) is 0 Å². The molecule has 3 aromatic rings. The van der Waals surface area contributed by atoms with E-state index in [1.807, 2.05) is 41.3 Å². The highest BCUT2D eigenvalue weighted by atomic mass is 35.5. The largest absolute Gasteiger partial charge is 0.465 e. The Balaban J connectivity index is 1.91. The van der Waals surface area contributed by atoms with Gasteiger partial charge in [-0.2, -0.15) is 4.99 Å². The first-order valence-electron chi connectivity index (χ1n) is 10.9. The second-order valence-corrected chi connectivity index (χ2v) is 8.43. The lowest BCUT2D eigenvalue weighted by Crippen LogP contribution is -2.36. The summed E-state index contributed by atoms with van der Waals surface area (Å²) in [4.78, 5) is 19.4. The summed E-state index contributed by atoms with van der Waals surface area (Å²) in [5, 5.41) is 0.378. The number of hydrogen-bond acceptors (Lipinski definition) is 2. The summed E-state index contributed by atoms with van der Waals surface area (Å²) >= 11 is 6.24. The van der Waals surface area contributed by atoms with Crippen molar-refractivity contribution in [3.63, 3.8) is 0 Å². The van der Waals surface area contributed by atoms with E-state index in [1.54, 1.807) is 24.3 Å². The quantitative estimate of drug-likeness (QED) is 0.302. The molecule has 0 saturated carbocycles. The molecule has 0 aliphatic rings. The van der Waals surface area contributed by atoms with E-state index in [2.05, 4.69) is 43.1 Å². The van der Waals surface area contributed by atoms with Crippen LogP contribution in [-0.2, 0) is 17.7 Å². The summed E-state index contributed by atoms with van der Waals surface area (Å²) < 4.78 is 6.07. The molecule has 0 N–H and O–H groups in total. The lowest BCUT2D eigenvalue weighted by molar-refractivity contribution is 0.0991. The minimum Gasteiger partial charge on any atom is -0.465 e. The van der Waals surface area contributed by atoms with Gasteiger partial charge in [0, 0.05) is 13.1 Å². The van der Waals surface area contributed by atoms with Crippen LogP contribution in [0.2, 0.25) is 5.02 Å². The number of carbonyl (C=O) groups is 1. The van der Waals surface area contributed by atoms with Gasteiger partial charge in [0.2, 0.25) is 0 Å². The minimum atomic E-state index is -0.410. The fraction of sp³-hybridized carbons (Fsp3) is 0.259. The van der Waals surface area contributed by atoms with Crippen LogP contribution in [0.5, 0.6) is 0 Å². The second-order valence-electron chi connectivity index (χ2n) is 8.03. The molecule has 0 bridgehead atoms. The Labute approximate surface area is 195 Å². The van der Waals surface area contributed by atoms with Crippen molar-refractivity contribution in [1.29, 1.82) is 0 Å². The van der Waals surface area contributed by atoms with E-state index < -0.39 is 5.91 Å². The molecule has 0 aliphatic heterocycles. The fourth-order valence-corrected chi connectivity index (χ4v) is 3.39. The Morgan fingerprint density at radius 3 is 2.12 bits per heavy atom. The maximum atomic E-state index is 13.0. The van der Waals surface area contributed by atoms with Crippen LogP contribution in [0.3, 0.4) is 0 Å². The molecule has 3 aromatic carbocycles. The van der Waals surface area contributed by atoms with Crippen LogP contribution in [0.1, 0.15) is 35.3 Å². The molecule has 0 heterocycles. The topological polar surface area (TPSA) is 41.9 Å². The van der Waals surface area contributed by atoms with E-state index in [-0.39, 0.29) is 0 Å². The first-order chi connectivity index (χ1) is 15.5. The van der Waals surface area contributed by atoms with E-state index in [4.69, 9.17) is 16.3 Å². The van der Waals surface area contributed by atoms with Crippen molar-refractivity contribution in [2.45, 2.75) is 26.8 Å². The number of aliphatic imine (C=N–C) groups is 1. The number of halogens is 1. The molecule has 1 amide bonds. The number of carbonyl (C=O) groups excluding carboxylic acids is 1. The minimum absolute atomic E-state index is 0.295. The fourth-order valence-electron chi connectivity index (χ4n) is 3.17. The molecule has 4 nitrogen and oxygen atoms in total. The van der Waals surface area contributed by atoms with Gasteiger partial charge in [0.15, 0.2) is 0 Å². The van der Waals surface area contributed by atoms with Crippen molar-refractivity contribution in [1.82, 2.24) is 4.90 Å². The number of amidine groups is 1. The monoisotopic (exact) mass is 448 g/mol. The molecule has 0 aromatic heterocycles. The van der Waals surface area contributed by atoms with E-state index in [0.29, 0.717) is 42.2 Å². The zero-order valence-corrected chi connectivity index (χ0v) is 19.3. The van der Waals surface area contributed by atoms with Gasteiger partial charge >= 0.3 is 0 Å². The van der Waals surface area contributed by atoms with Gasteiger partial charge in [0.05, 0.1) is 17.2 Å². The predicted molar refractivity (Wildman–Crippen MR) is 131 cm³/mol. The first kappa shape index (κ1) is 23.6. The van der Waals surface area contributed by atoms with Crippen LogP contribution in [0, 0.1) is 5.92 Å². The summed E-state index contributed by atoms with van der Waals surface area (Å²) in [6.07, 6.45) is 0.804. The van der Waals surface area contributed by atoms with Gasteiger partial charge in [-0.1, -0.05) is 98.2 Å². The van der Waals surface area contributed by atoms with Crippen molar-refractivity contribution < 1.29 is 9.53 Å². The highest BCUT2D eigenvalue weighted by Gasteiger charge is 2.18. The van der Waals surface area contributed by atoms with E-state index in [0.717, 1.165) is 12.0 Å². The van der Waals surface area contributed by atoms with Crippen molar-refractivity contribution in [3.8, 4) is 0 Å². The Morgan fingerprint density at radius 2 is 1.50 bits per heavy atom. The molecule has 5 heteroatoms. The zero-order chi connectivity index (χ0) is 22.8. The molecule has 3 rings (SSSR count). The first-order valence-corrected chi connectivity index (χ1v) is 11.2. The molecule has 0 radical (unpaired) electrons. The summed E-state index contributed by atoms with van der Waals surface area (Å²) in [5.41, 5.74) is 2.69. The van der Waals surface area contributed by atoms with Gasteiger partial charge in [0.25, 0.3) is 11.9 Å². The molecule has 0 saturated heterocycles. The van der Waals surface area contributed by atoms with Gasteiger partial charge in [-0.3, -0.25) is 4.79 Å². The summed E-state index contributed by atoms with van der Waals surface area (Å²) in [6.45, 7) is 5.84. The maximum Gasteiger partial charge on any atom is 0.295 e. The van der Waals surface area contributed by atoms with E-state index in [9.17, 15) is 4.79 Å². The number of amides is 1. The summed E-state index contributed by atoms with van der Waals surface area (Å²) in [6, 6.07) is 27.6. The number of ether oxygens (including phenoxy) is 1. The Morgan fingerprint density at radius 1 is 0.906 bits per heavy atom. The SMILES string of the molecule is CC(C)COC(=NC(=O)c1ccccc1Cl)N(CCc1ccccc1)Cc1ccccc1. The molecule has 166 valence electrons. The van der Waals surface area contributed by atoms with Crippen molar-refractivity contribution in [3.05, 3.63) is 107 Å². The maximum absolute atomic E-state index is 13.0. The molecular weight excluding hydrogens is 420 g/mol. The molecule has 32 heavy (non-hydrogen) atoms. The lowest BCUT2D eigenvalue weighted by Gasteiger charge is -2.26. The highest BCUT2D eigenvalue weighted by Crippen LogP contribution is 2.17. The zero-order valence-electron chi connectivity index (χ0n) is 18.6. The number of rotatable bonds is 8. The van der Waals surface area contributed by atoms with Gasteiger partial charge in [-0.05, 0) is 35.6 Å². The van der Waals surface area contributed by atoms with Crippen LogP contribution >= 0.6 is 11.6 Å². The number of hydrogen-bond donors (Lipinski definition) is 0. The van der Waals surface area contributed by atoms with E-state index in [1.165, 1.54) is 5.56 Å². The van der Waals surface area contributed by atoms with Crippen molar-refractivity contribution in [2.24, 2.45) is 10.9 Å². The van der Waals surface area contributed by atoms with Crippen LogP contribution in [-0.4, -0.2) is 30.0 Å². The van der Waals surface area contributed by atoms with Gasteiger partial charge < -0.3 is 9.64 Å². The lowest BCUT2D eigenvalue weighted by atomic mass is 10.1.